The molecule has 0 aliphatic heterocycles. The first-order chi connectivity index (χ1) is 3.89. The number of carbonyl (C=O) groups excluding carboxylic acids is 2. The minimum atomic E-state index is -2.07. The predicted octanol–water partition coefficient (Wildman–Crippen LogP) is 1.51. The third kappa shape index (κ3) is 2.12. The molecule has 0 rings (SSSR count). The molecule has 0 saturated heterocycles. The van der Waals surface area contributed by atoms with Crippen molar-refractivity contribution in [2.45, 2.75) is 11.3 Å². The van der Waals surface area contributed by atoms with E-state index in [-0.39, 0.29) is 0 Å². The molecule has 52 valence electrons. The molecule has 0 aromatic rings. The van der Waals surface area contributed by atoms with Crippen LogP contribution in [-0.4, -0.2) is 15.4 Å². The number of hydrogen-bond acceptors (Lipinski definition) is 2. The molecular weight excluding hydrogens is 186 g/mol. The van der Waals surface area contributed by atoms with E-state index < -0.39 is 15.4 Å². The largest absolute Gasteiger partial charge is 0.296 e. The molecule has 0 aliphatic rings. The first-order valence-corrected chi connectivity index (χ1v) is 3.11. The van der Waals surface area contributed by atoms with Gasteiger partial charge < -0.3 is 0 Å². The molecular formula is C4H3Cl3O2. The van der Waals surface area contributed by atoms with Crippen LogP contribution in [0.3, 0.4) is 0 Å². The lowest BCUT2D eigenvalue weighted by Gasteiger charge is -2.07. The van der Waals surface area contributed by atoms with Gasteiger partial charge in [0.15, 0.2) is 5.78 Å². The van der Waals surface area contributed by atoms with E-state index in [4.69, 9.17) is 34.8 Å². The maximum absolute atomic E-state index is 10.3. The quantitative estimate of drug-likeness (QED) is 0.375. The predicted molar refractivity (Wildman–Crippen MR) is 36.0 cm³/mol. The number of rotatable bonds is 2. The molecule has 2 nitrogen and oxygen atoms in total. The molecule has 0 spiro atoms. The molecule has 0 aromatic heterocycles. The lowest BCUT2D eigenvalue weighted by atomic mass is 10.3. The smallest absolute Gasteiger partial charge is 0.265 e. The van der Waals surface area contributed by atoms with E-state index in [1.54, 1.807) is 0 Å². The molecule has 0 radical (unpaired) electrons. The summed E-state index contributed by atoms with van der Waals surface area (Å²) in [6.45, 7) is 1.08. The Morgan fingerprint density at radius 3 is 1.67 bits per heavy atom. The van der Waals surface area contributed by atoms with Crippen LogP contribution in [0.2, 0.25) is 0 Å². The van der Waals surface area contributed by atoms with E-state index in [2.05, 4.69) is 0 Å². The zero-order valence-electron chi connectivity index (χ0n) is 4.45. The van der Waals surface area contributed by atoms with Crippen molar-refractivity contribution in [1.82, 2.24) is 0 Å². The Bertz CT molecular complexity index is 136. The lowest BCUT2D eigenvalue weighted by Crippen LogP contribution is -2.29. The molecule has 0 aromatic carbocycles. The summed E-state index contributed by atoms with van der Waals surface area (Å²) in [4.78, 5) is 20.5. The monoisotopic (exact) mass is 188 g/mol. The average Bonchev–Trinajstić information content (AvgIpc) is 1.65. The van der Waals surface area contributed by atoms with Gasteiger partial charge in [-0.15, -0.1) is 0 Å². The van der Waals surface area contributed by atoms with Crippen LogP contribution in [0.4, 0.5) is 0 Å². The number of alkyl halides is 2. The Morgan fingerprint density at radius 1 is 1.33 bits per heavy atom. The molecule has 0 saturated carbocycles. The number of carbonyl (C=O) groups is 2. The molecule has 0 N–H and O–H groups in total. The standard InChI is InChI=1S/C4H3Cl3O2/c1-2(8)4(6,7)3(5)9/h1H3. The maximum Gasteiger partial charge on any atom is 0.265 e. The van der Waals surface area contributed by atoms with E-state index in [1.807, 2.05) is 0 Å². The second kappa shape index (κ2) is 2.86. The number of Topliss-reactive ketones (excluding diaryl/α,β-unsaturated/α-hetero) is 1. The van der Waals surface area contributed by atoms with Crippen LogP contribution < -0.4 is 0 Å². The first-order valence-electron chi connectivity index (χ1n) is 1.98. The highest BCUT2D eigenvalue weighted by Gasteiger charge is 2.37. The van der Waals surface area contributed by atoms with Gasteiger partial charge in [-0.05, 0) is 18.5 Å². The summed E-state index contributed by atoms with van der Waals surface area (Å²) in [6, 6.07) is 0. The van der Waals surface area contributed by atoms with E-state index in [0.717, 1.165) is 6.92 Å². The second-order valence-electron chi connectivity index (χ2n) is 1.40. The van der Waals surface area contributed by atoms with Gasteiger partial charge in [0, 0.05) is 0 Å². The molecule has 0 amide bonds. The molecule has 0 aliphatic carbocycles. The van der Waals surface area contributed by atoms with Crippen molar-refractivity contribution in [3.05, 3.63) is 0 Å². The molecule has 0 unspecified atom stereocenters. The zero-order valence-corrected chi connectivity index (χ0v) is 6.72. The third-order valence-corrected chi connectivity index (χ3v) is 2.04. The van der Waals surface area contributed by atoms with Gasteiger partial charge >= 0.3 is 0 Å². The van der Waals surface area contributed by atoms with Crippen molar-refractivity contribution in [2.75, 3.05) is 0 Å². The Kier molecular flexibility index (Phi) is 2.93. The van der Waals surface area contributed by atoms with E-state index in [0.29, 0.717) is 0 Å². The number of ketones is 1. The normalized spacial score (nSPS) is 11.1. The van der Waals surface area contributed by atoms with Gasteiger partial charge in [-0.3, -0.25) is 9.59 Å². The van der Waals surface area contributed by atoms with E-state index in [1.165, 1.54) is 0 Å². The molecule has 0 fully saturated rings. The topological polar surface area (TPSA) is 34.1 Å². The molecule has 9 heavy (non-hydrogen) atoms. The van der Waals surface area contributed by atoms with Gasteiger partial charge in [-0.25, -0.2) is 0 Å². The van der Waals surface area contributed by atoms with Crippen LogP contribution in [0.5, 0.6) is 0 Å². The molecule has 0 atom stereocenters. The summed E-state index contributed by atoms with van der Waals surface area (Å²) in [6.07, 6.45) is 0. The van der Waals surface area contributed by atoms with Crippen molar-refractivity contribution in [3.8, 4) is 0 Å². The van der Waals surface area contributed by atoms with Crippen molar-refractivity contribution < 1.29 is 9.59 Å². The zero-order chi connectivity index (χ0) is 7.65. The SMILES string of the molecule is CC(=O)C(Cl)(Cl)C(=O)Cl. The Morgan fingerprint density at radius 2 is 1.67 bits per heavy atom. The maximum atomic E-state index is 10.3. The molecule has 5 heteroatoms. The summed E-state index contributed by atoms with van der Waals surface area (Å²) >= 11 is 15.1. The van der Waals surface area contributed by atoms with Gasteiger partial charge in [0.05, 0.1) is 0 Å². The number of halogens is 3. The summed E-state index contributed by atoms with van der Waals surface area (Å²) < 4.78 is -2.07. The Balaban J connectivity index is 4.38. The van der Waals surface area contributed by atoms with Crippen molar-refractivity contribution in [2.24, 2.45) is 0 Å². The fourth-order valence-electron chi connectivity index (χ4n) is 0.138. The van der Waals surface area contributed by atoms with Gasteiger partial charge in [0.1, 0.15) is 0 Å². The van der Waals surface area contributed by atoms with Crippen LogP contribution in [0.25, 0.3) is 0 Å². The van der Waals surface area contributed by atoms with Gasteiger partial charge in [0.2, 0.25) is 4.33 Å². The first kappa shape index (κ1) is 9.21. The number of hydrogen-bond donors (Lipinski definition) is 0. The minimum absolute atomic E-state index is 0.675. The van der Waals surface area contributed by atoms with Crippen molar-refractivity contribution in [3.63, 3.8) is 0 Å². The van der Waals surface area contributed by atoms with E-state index >= 15 is 0 Å². The second-order valence-corrected chi connectivity index (χ2v) is 3.07. The minimum Gasteiger partial charge on any atom is -0.296 e. The molecule has 0 bridgehead atoms. The van der Waals surface area contributed by atoms with Crippen molar-refractivity contribution in [1.29, 1.82) is 0 Å². The summed E-state index contributed by atoms with van der Waals surface area (Å²) in [7, 11) is 0. The fraction of sp³-hybridized carbons (Fsp3) is 0.500. The fourth-order valence-corrected chi connectivity index (χ4v) is 0.271. The van der Waals surface area contributed by atoms with Crippen molar-refractivity contribution >= 4 is 45.8 Å². The Labute approximate surface area is 67.1 Å². The highest BCUT2D eigenvalue weighted by atomic mass is 35.5. The van der Waals surface area contributed by atoms with Crippen LogP contribution in [0, 0.1) is 0 Å². The lowest BCUT2D eigenvalue weighted by molar-refractivity contribution is -0.122. The average molecular weight is 189 g/mol. The summed E-state index contributed by atoms with van der Waals surface area (Å²) in [5.41, 5.74) is 0. The molecule has 0 heterocycles. The van der Waals surface area contributed by atoms with Crippen LogP contribution in [0.1, 0.15) is 6.92 Å². The van der Waals surface area contributed by atoms with Gasteiger partial charge in [-0.2, -0.15) is 0 Å². The van der Waals surface area contributed by atoms with Crippen LogP contribution >= 0.6 is 34.8 Å². The third-order valence-electron chi connectivity index (χ3n) is 0.689. The van der Waals surface area contributed by atoms with Gasteiger partial charge in [-0.1, -0.05) is 23.2 Å². The highest BCUT2D eigenvalue weighted by molar-refractivity contribution is 6.83. The van der Waals surface area contributed by atoms with Crippen LogP contribution in [0.15, 0.2) is 0 Å². The highest BCUT2D eigenvalue weighted by Crippen LogP contribution is 2.24. The van der Waals surface area contributed by atoms with Gasteiger partial charge in [0.25, 0.3) is 5.24 Å². The summed E-state index contributed by atoms with van der Waals surface area (Å²) in [5, 5.41) is -1.07. The van der Waals surface area contributed by atoms with Crippen LogP contribution in [-0.2, 0) is 9.59 Å². The Hall–Kier alpha value is 0.210. The van der Waals surface area contributed by atoms with E-state index in [9.17, 15) is 9.59 Å². The summed E-state index contributed by atoms with van der Waals surface area (Å²) in [5.74, 6) is -0.675.